The summed E-state index contributed by atoms with van der Waals surface area (Å²) in [4.78, 5) is 2.52. The van der Waals surface area contributed by atoms with Crippen molar-refractivity contribution in [3.05, 3.63) is 34.9 Å². The van der Waals surface area contributed by atoms with Crippen LogP contribution in [0.3, 0.4) is 0 Å². The van der Waals surface area contributed by atoms with Gasteiger partial charge in [-0.05, 0) is 56.7 Å². The maximum Gasteiger partial charge on any atom is 0.0829 e. The van der Waals surface area contributed by atoms with Crippen molar-refractivity contribution in [1.29, 1.82) is 0 Å². The number of likely N-dealkylation sites (tertiary alicyclic amines) is 1. The normalized spacial score (nSPS) is 31.9. The Bertz CT molecular complexity index is 460. The standard InChI is InChI=1S/C17H25NO/c1-12-5-4-6-13(2)16(12)10-17(19)9-14(3)18(11-17)15-7-8-15/h4-6,14-15,19H,7-11H2,1-3H3. The van der Waals surface area contributed by atoms with Gasteiger partial charge in [0, 0.05) is 25.0 Å². The zero-order valence-electron chi connectivity index (χ0n) is 12.3. The zero-order chi connectivity index (χ0) is 13.6. The lowest BCUT2D eigenvalue weighted by Gasteiger charge is -2.25. The van der Waals surface area contributed by atoms with Gasteiger partial charge >= 0.3 is 0 Å². The van der Waals surface area contributed by atoms with Gasteiger partial charge in [0.1, 0.15) is 0 Å². The highest BCUT2D eigenvalue weighted by Gasteiger charge is 2.46. The fraction of sp³-hybridized carbons (Fsp3) is 0.647. The molecule has 3 rings (SSSR count). The van der Waals surface area contributed by atoms with Crippen molar-refractivity contribution < 1.29 is 5.11 Å². The van der Waals surface area contributed by atoms with Gasteiger partial charge in [0.05, 0.1) is 5.60 Å². The van der Waals surface area contributed by atoms with Crippen molar-refractivity contribution in [2.75, 3.05) is 6.54 Å². The predicted molar refractivity (Wildman–Crippen MR) is 78.4 cm³/mol. The summed E-state index contributed by atoms with van der Waals surface area (Å²) in [7, 11) is 0. The molecule has 1 saturated carbocycles. The van der Waals surface area contributed by atoms with E-state index in [0.29, 0.717) is 6.04 Å². The summed E-state index contributed by atoms with van der Waals surface area (Å²) >= 11 is 0. The van der Waals surface area contributed by atoms with Gasteiger partial charge < -0.3 is 5.11 Å². The maximum atomic E-state index is 11.0. The average molecular weight is 259 g/mol. The van der Waals surface area contributed by atoms with Gasteiger partial charge in [0.2, 0.25) is 0 Å². The van der Waals surface area contributed by atoms with Crippen molar-refractivity contribution in [1.82, 2.24) is 4.90 Å². The van der Waals surface area contributed by atoms with Crippen LogP contribution in [0.25, 0.3) is 0 Å². The second-order valence-corrected chi connectivity index (χ2v) is 6.73. The van der Waals surface area contributed by atoms with E-state index in [1.165, 1.54) is 29.5 Å². The summed E-state index contributed by atoms with van der Waals surface area (Å²) in [5.74, 6) is 0. The first-order chi connectivity index (χ1) is 8.98. The number of aryl methyl sites for hydroxylation is 2. The minimum Gasteiger partial charge on any atom is -0.388 e. The Hall–Kier alpha value is -0.860. The number of rotatable bonds is 3. The third-order valence-electron chi connectivity index (χ3n) is 4.88. The van der Waals surface area contributed by atoms with Gasteiger partial charge in [-0.3, -0.25) is 4.90 Å². The van der Waals surface area contributed by atoms with E-state index in [4.69, 9.17) is 0 Å². The topological polar surface area (TPSA) is 23.5 Å². The van der Waals surface area contributed by atoms with E-state index in [1.54, 1.807) is 0 Å². The van der Waals surface area contributed by atoms with Gasteiger partial charge in [-0.15, -0.1) is 0 Å². The third-order valence-corrected chi connectivity index (χ3v) is 4.88. The molecule has 2 unspecified atom stereocenters. The number of β-amino-alcohol motifs (C(OH)–C–C–N with tert-alkyl or cyclic N) is 1. The molecule has 0 spiro atoms. The highest BCUT2D eigenvalue weighted by atomic mass is 16.3. The van der Waals surface area contributed by atoms with Gasteiger partial charge in [0.15, 0.2) is 0 Å². The van der Waals surface area contributed by atoms with Crippen LogP contribution < -0.4 is 0 Å². The van der Waals surface area contributed by atoms with Crippen LogP contribution in [0.1, 0.15) is 42.9 Å². The molecule has 2 nitrogen and oxygen atoms in total. The van der Waals surface area contributed by atoms with Gasteiger partial charge in [0.25, 0.3) is 0 Å². The molecule has 1 aliphatic heterocycles. The molecule has 1 aromatic rings. The molecule has 2 fully saturated rings. The molecule has 0 aromatic heterocycles. The Morgan fingerprint density at radius 1 is 1.26 bits per heavy atom. The molecule has 1 aliphatic carbocycles. The second kappa shape index (κ2) is 4.60. The Morgan fingerprint density at radius 2 is 1.89 bits per heavy atom. The van der Waals surface area contributed by atoms with Crippen LogP contribution in [0.2, 0.25) is 0 Å². The van der Waals surface area contributed by atoms with E-state index in [9.17, 15) is 5.11 Å². The van der Waals surface area contributed by atoms with Gasteiger partial charge in [-0.25, -0.2) is 0 Å². The number of hydrogen-bond acceptors (Lipinski definition) is 2. The summed E-state index contributed by atoms with van der Waals surface area (Å²) in [6.45, 7) is 7.43. The number of aliphatic hydroxyl groups is 1. The van der Waals surface area contributed by atoms with Gasteiger partial charge in [-0.1, -0.05) is 18.2 Å². The van der Waals surface area contributed by atoms with Crippen LogP contribution >= 0.6 is 0 Å². The van der Waals surface area contributed by atoms with Crippen molar-refractivity contribution in [3.8, 4) is 0 Å². The summed E-state index contributed by atoms with van der Waals surface area (Å²) < 4.78 is 0. The number of hydrogen-bond donors (Lipinski definition) is 1. The third kappa shape index (κ3) is 2.56. The molecule has 19 heavy (non-hydrogen) atoms. The molecule has 1 heterocycles. The van der Waals surface area contributed by atoms with E-state index < -0.39 is 5.60 Å². The molecule has 2 aliphatic rings. The van der Waals surface area contributed by atoms with Gasteiger partial charge in [-0.2, -0.15) is 0 Å². The van der Waals surface area contributed by atoms with Crippen LogP contribution in [-0.2, 0) is 6.42 Å². The van der Waals surface area contributed by atoms with Crippen molar-refractivity contribution in [2.45, 2.75) is 64.1 Å². The summed E-state index contributed by atoms with van der Waals surface area (Å²) in [6.07, 6.45) is 4.37. The lowest BCUT2D eigenvalue weighted by Crippen LogP contribution is -2.37. The van der Waals surface area contributed by atoms with Crippen LogP contribution in [0, 0.1) is 13.8 Å². The summed E-state index contributed by atoms with van der Waals surface area (Å²) in [5, 5.41) is 11.0. The highest BCUT2D eigenvalue weighted by Crippen LogP contribution is 2.39. The Balaban J connectivity index is 1.79. The minimum absolute atomic E-state index is 0.529. The molecule has 2 heteroatoms. The highest BCUT2D eigenvalue weighted by molar-refractivity contribution is 5.35. The predicted octanol–water partition coefficient (Wildman–Crippen LogP) is 2.83. The zero-order valence-corrected chi connectivity index (χ0v) is 12.3. The number of nitrogens with zero attached hydrogens (tertiary/aromatic N) is 1. The average Bonchev–Trinajstić information content (AvgIpc) is 3.11. The molecular formula is C17H25NO. The molecule has 2 atom stereocenters. The Kier molecular flexibility index (Phi) is 3.18. The first-order valence-corrected chi connectivity index (χ1v) is 7.52. The second-order valence-electron chi connectivity index (χ2n) is 6.73. The molecular weight excluding hydrogens is 234 g/mol. The molecule has 104 valence electrons. The van der Waals surface area contributed by atoms with Crippen molar-refractivity contribution >= 4 is 0 Å². The lowest BCUT2D eigenvalue weighted by atomic mass is 9.88. The van der Waals surface area contributed by atoms with E-state index in [0.717, 1.165) is 25.4 Å². The smallest absolute Gasteiger partial charge is 0.0829 e. The lowest BCUT2D eigenvalue weighted by molar-refractivity contribution is 0.0484. The summed E-state index contributed by atoms with van der Waals surface area (Å²) in [6, 6.07) is 7.70. The fourth-order valence-corrected chi connectivity index (χ4v) is 3.71. The first kappa shape index (κ1) is 13.1. The largest absolute Gasteiger partial charge is 0.388 e. The van der Waals surface area contributed by atoms with E-state index >= 15 is 0 Å². The summed E-state index contributed by atoms with van der Waals surface area (Å²) in [5.41, 5.74) is 3.44. The quantitative estimate of drug-likeness (QED) is 0.902. The molecule has 1 N–H and O–H groups in total. The maximum absolute atomic E-state index is 11.0. The first-order valence-electron chi connectivity index (χ1n) is 7.52. The van der Waals surface area contributed by atoms with E-state index in [1.807, 2.05) is 0 Å². The van der Waals surface area contributed by atoms with Crippen LogP contribution in [0.5, 0.6) is 0 Å². The van der Waals surface area contributed by atoms with E-state index in [2.05, 4.69) is 43.9 Å². The van der Waals surface area contributed by atoms with Crippen molar-refractivity contribution in [2.24, 2.45) is 0 Å². The molecule has 0 radical (unpaired) electrons. The number of benzene rings is 1. The van der Waals surface area contributed by atoms with Crippen molar-refractivity contribution in [3.63, 3.8) is 0 Å². The Morgan fingerprint density at radius 3 is 2.47 bits per heavy atom. The van der Waals surface area contributed by atoms with E-state index in [-0.39, 0.29) is 0 Å². The molecule has 0 amide bonds. The molecule has 1 aromatic carbocycles. The minimum atomic E-state index is -0.529. The fourth-order valence-electron chi connectivity index (χ4n) is 3.71. The SMILES string of the molecule is Cc1cccc(C)c1CC1(O)CC(C)N(C2CC2)C1. The van der Waals surface area contributed by atoms with Crippen LogP contribution in [0.15, 0.2) is 18.2 Å². The molecule has 1 saturated heterocycles. The van der Waals surface area contributed by atoms with Crippen LogP contribution in [-0.4, -0.2) is 34.2 Å². The monoisotopic (exact) mass is 259 g/mol. The molecule has 0 bridgehead atoms. The van der Waals surface area contributed by atoms with Crippen LogP contribution in [0.4, 0.5) is 0 Å². The Labute approximate surface area is 116 Å².